The van der Waals surface area contributed by atoms with Crippen LogP contribution in [0.5, 0.6) is 0 Å². The molecule has 1 heterocycles. The minimum absolute atomic E-state index is 0.384. The highest BCUT2D eigenvalue weighted by atomic mass is 15.3. The largest absolute Gasteiger partial charge is 0.368 e. The number of nitrogens with one attached hydrogen (secondary N) is 2. The fourth-order valence-electron chi connectivity index (χ4n) is 2.22. The minimum atomic E-state index is 0.384. The molecular weight excluding hydrogens is 300 g/mol. The van der Waals surface area contributed by atoms with E-state index >= 15 is 0 Å². The maximum absolute atomic E-state index is 8.93. The van der Waals surface area contributed by atoms with Crippen LogP contribution in [0.25, 0.3) is 0 Å². The number of aromatic nitrogens is 3. The van der Waals surface area contributed by atoms with E-state index in [1.54, 1.807) is 24.4 Å². The summed E-state index contributed by atoms with van der Waals surface area (Å²) in [5.41, 5.74) is 2.58. The van der Waals surface area contributed by atoms with Gasteiger partial charge in [0.25, 0.3) is 0 Å². The van der Waals surface area contributed by atoms with Gasteiger partial charge in [-0.15, -0.1) is 5.10 Å². The van der Waals surface area contributed by atoms with E-state index < -0.39 is 0 Å². The van der Waals surface area contributed by atoms with Gasteiger partial charge in [0.15, 0.2) is 5.82 Å². The Hall–Kier alpha value is -3.46. The van der Waals surface area contributed by atoms with Gasteiger partial charge < -0.3 is 10.6 Å². The lowest BCUT2D eigenvalue weighted by Crippen LogP contribution is -2.08. The van der Waals surface area contributed by atoms with Crippen molar-refractivity contribution in [3.63, 3.8) is 0 Å². The van der Waals surface area contributed by atoms with Crippen LogP contribution in [-0.2, 0) is 6.42 Å². The Labute approximate surface area is 140 Å². The monoisotopic (exact) mass is 316 g/mol. The summed E-state index contributed by atoms with van der Waals surface area (Å²) in [4.78, 5) is 4.38. The summed E-state index contributed by atoms with van der Waals surface area (Å²) in [6.07, 6.45) is 2.49. The second-order valence-corrected chi connectivity index (χ2v) is 5.15. The van der Waals surface area contributed by atoms with Gasteiger partial charge in [0, 0.05) is 12.2 Å². The molecule has 0 aliphatic heterocycles. The number of hydrogen-bond acceptors (Lipinski definition) is 6. The summed E-state index contributed by atoms with van der Waals surface area (Å²) in [7, 11) is 0. The van der Waals surface area contributed by atoms with Crippen LogP contribution < -0.4 is 10.6 Å². The van der Waals surface area contributed by atoms with Gasteiger partial charge in [-0.3, -0.25) is 0 Å². The molecule has 0 aliphatic rings. The molecule has 0 bridgehead atoms. The van der Waals surface area contributed by atoms with E-state index in [4.69, 9.17) is 5.26 Å². The Bertz CT molecular complexity index is 841. The van der Waals surface area contributed by atoms with Crippen molar-refractivity contribution in [2.24, 2.45) is 0 Å². The van der Waals surface area contributed by atoms with E-state index in [0.29, 0.717) is 17.3 Å². The molecule has 0 unspecified atom stereocenters. The molecule has 24 heavy (non-hydrogen) atoms. The third-order valence-electron chi connectivity index (χ3n) is 3.37. The Kier molecular flexibility index (Phi) is 4.95. The van der Waals surface area contributed by atoms with Crippen LogP contribution >= 0.6 is 0 Å². The molecule has 0 saturated heterocycles. The van der Waals surface area contributed by atoms with Gasteiger partial charge in [-0.1, -0.05) is 36.4 Å². The van der Waals surface area contributed by atoms with Gasteiger partial charge >= 0.3 is 0 Å². The predicted molar refractivity (Wildman–Crippen MR) is 92.9 cm³/mol. The van der Waals surface area contributed by atoms with Crippen LogP contribution in [0.2, 0.25) is 0 Å². The average molecular weight is 316 g/mol. The Morgan fingerprint density at radius 3 is 2.75 bits per heavy atom. The van der Waals surface area contributed by atoms with Crippen molar-refractivity contribution in [1.82, 2.24) is 15.2 Å². The second-order valence-electron chi connectivity index (χ2n) is 5.15. The zero-order valence-electron chi connectivity index (χ0n) is 13.0. The summed E-state index contributed by atoms with van der Waals surface area (Å²) in [5, 5.41) is 23.1. The molecule has 0 amide bonds. The number of benzene rings is 2. The standard InChI is InChI=1S/C18H16N6/c19-12-15-7-4-8-16(11-15)22-18-23-17(13-21-24-18)20-10-9-14-5-2-1-3-6-14/h1-8,11,13H,9-10H2,(H2,20,22,23,24). The average Bonchev–Trinajstić information content (AvgIpc) is 2.63. The summed E-state index contributed by atoms with van der Waals surface area (Å²) in [6, 6.07) is 19.5. The molecule has 3 rings (SSSR count). The summed E-state index contributed by atoms with van der Waals surface area (Å²) in [5.74, 6) is 1.04. The van der Waals surface area contributed by atoms with Crippen molar-refractivity contribution in [3.8, 4) is 6.07 Å². The molecule has 0 saturated carbocycles. The first-order valence-electron chi connectivity index (χ1n) is 7.58. The molecule has 6 heteroatoms. The molecule has 2 N–H and O–H groups in total. The van der Waals surface area contributed by atoms with E-state index in [1.165, 1.54) is 5.56 Å². The Morgan fingerprint density at radius 2 is 1.92 bits per heavy atom. The van der Waals surface area contributed by atoms with Crippen LogP contribution in [-0.4, -0.2) is 21.7 Å². The molecule has 0 radical (unpaired) electrons. The highest BCUT2D eigenvalue weighted by Crippen LogP contribution is 2.14. The van der Waals surface area contributed by atoms with Crippen LogP contribution in [0.3, 0.4) is 0 Å². The highest BCUT2D eigenvalue weighted by molar-refractivity contribution is 5.56. The zero-order valence-corrected chi connectivity index (χ0v) is 13.0. The van der Waals surface area contributed by atoms with E-state index in [1.807, 2.05) is 24.3 Å². The third-order valence-corrected chi connectivity index (χ3v) is 3.37. The fourth-order valence-corrected chi connectivity index (χ4v) is 2.22. The predicted octanol–water partition coefficient (Wildman–Crippen LogP) is 3.14. The molecule has 118 valence electrons. The van der Waals surface area contributed by atoms with Crippen molar-refractivity contribution < 1.29 is 0 Å². The molecule has 1 aromatic heterocycles. The lowest BCUT2D eigenvalue weighted by Gasteiger charge is -2.08. The number of hydrogen-bond donors (Lipinski definition) is 2. The molecule has 6 nitrogen and oxygen atoms in total. The third kappa shape index (κ3) is 4.27. The van der Waals surface area contributed by atoms with Gasteiger partial charge in [0.05, 0.1) is 17.8 Å². The van der Waals surface area contributed by atoms with Crippen molar-refractivity contribution in [1.29, 1.82) is 5.26 Å². The van der Waals surface area contributed by atoms with E-state index in [0.717, 1.165) is 18.7 Å². The van der Waals surface area contributed by atoms with E-state index in [9.17, 15) is 0 Å². The lowest BCUT2D eigenvalue weighted by atomic mass is 10.1. The van der Waals surface area contributed by atoms with Gasteiger partial charge in [-0.2, -0.15) is 15.3 Å². The molecule has 0 spiro atoms. The van der Waals surface area contributed by atoms with Crippen molar-refractivity contribution in [3.05, 3.63) is 71.9 Å². The molecule has 0 fully saturated rings. The van der Waals surface area contributed by atoms with Crippen LogP contribution in [0.15, 0.2) is 60.8 Å². The second kappa shape index (κ2) is 7.70. The van der Waals surface area contributed by atoms with Crippen LogP contribution in [0.1, 0.15) is 11.1 Å². The Morgan fingerprint density at radius 1 is 1.04 bits per heavy atom. The quantitative estimate of drug-likeness (QED) is 0.726. The topological polar surface area (TPSA) is 86.5 Å². The maximum atomic E-state index is 8.93. The summed E-state index contributed by atoms with van der Waals surface area (Å²) < 4.78 is 0. The number of nitriles is 1. The number of nitrogens with zero attached hydrogens (tertiary/aromatic N) is 4. The zero-order chi connectivity index (χ0) is 16.6. The van der Waals surface area contributed by atoms with Gasteiger partial charge in [0.1, 0.15) is 0 Å². The van der Waals surface area contributed by atoms with Crippen molar-refractivity contribution in [2.45, 2.75) is 6.42 Å². The maximum Gasteiger partial charge on any atom is 0.249 e. The number of anilines is 3. The number of rotatable bonds is 6. The fraction of sp³-hybridized carbons (Fsp3) is 0.111. The van der Waals surface area contributed by atoms with E-state index in [2.05, 4.69) is 44.0 Å². The summed E-state index contributed by atoms with van der Waals surface area (Å²) >= 11 is 0. The van der Waals surface area contributed by atoms with Crippen LogP contribution in [0.4, 0.5) is 17.5 Å². The van der Waals surface area contributed by atoms with Gasteiger partial charge in [-0.05, 0) is 30.2 Å². The van der Waals surface area contributed by atoms with Crippen molar-refractivity contribution in [2.75, 3.05) is 17.2 Å². The van der Waals surface area contributed by atoms with Gasteiger partial charge in [0.2, 0.25) is 5.95 Å². The first-order chi connectivity index (χ1) is 11.8. The minimum Gasteiger partial charge on any atom is -0.368 e. The van der Waals surface area contributed by atoms with Crippen molar-refractivity contribution >= 4 is 17.5 Å². The van der Waals surface area contributed by atoms with Crippen LogP contribution in [0, 0.1) is 11.3 Å². The normalized spacial score (nSPS) is 9.96. The SMILES string of the molecule is N#Cc1cccc(Nc2nncc(NCCc3ccccc3)n2)c1. The first kappa shape index (κ1) is 15.4. The molecular formula is C18H16N6. The Balaban J connectivity index is 1.60. The molecule has 3 aromatic rings. The van der Waals surface area contributed by atoms with Gasteiger partial charge in [-0.25, -0.2) is 0 Å². The molecule has 0 atom stereocenters. The summed E-state index contributed by atoms with van der Waals surface area (Å²) in [6.45, 7) is 0.756. The molecule has 0 aliphatic carbocycles. The smallest absolute Gasteiger partial charge is 0.249 e. The first-order valence-corrected chi connectivity index (χ1v) is 7.58. The van der Waals surface area contributed by atoms with E-state index in [-0.39, 0.29) is 0 Å². The molecule has 2 aromatic carbocycles. The highest BCUT2D eigenvalue weighted by Gasteiger charge is 2.02. The lowest BCUT2D eigenvalue weighted by molar-refractivity contribution is 0.950.